The molecule has 0 saturated heterocycles. The Hall–Kier alpha value is -1.55. The van der Waals surface area contributed by atoms with Gasteiger partial charge in [-0.2, -0.15) is 0 Å². The van der Waals surface area contributed by atoms with Crippen molar-refractivity contribution in [1.82, 2.24) is 14.9 Å². The van der Waals surface area contributed by atoms with E-state index in [-0.39, 0.29) is 6.04 Å². The summed E-state index contributed by atoms with van der Waals surface area (Å²) in [6.07, 6.45) is 5.43. The molecule has 2 aromatic heterocycles. The molecule has 80 valence electrons. The van der Waals surface area contributed by atoms with Crippen molar-refractivity contribution in [3.63, 3.8) is 0 Å². The third kappa shape index (κ3) is 2.27. The van der Waals surface area contributed by atoms with Gasteiger partial charge in [0.05, 0.1) is 18.8 Å². The molecule has 0 fully saturated rings. The van der Waals surface area contributed by atoms with Gasteiger partial charge in [0.1, 0.15) is 11.6 Å². The van der Waals surface area contributed by atoms with Gasteiger partial charge in [-0.25, -0.2) is 4.98 Å². The van der Waals surface area contributed by atoms with Crippen LogP contribution in [0.15, 0.2) is 35.2 Å². The number of furan rings is 1. The number of hydrogen-bond acceptors (Lipinski definition) is 3. The third-order valence-electron chi connectivity index (χ3n) is 2.46. The lowest BCUT2D eigenvalue weighted by Gasteiger charge is -2.10. The molecule has 0 aliphatic carbocycles. The second-order valence-corrected chi connectivity index (χ2v) is 3.57. The first-order valence-corrected chi connectivity index (χ1v) is 5.00. The van der Waals surface area contributed by atoms with Gasteiger partial charge in [-0.3, -0.25) is 0 Å². The summed E-state index contributed by atoms with van der Waals surface area (Å²) >= 11 is 0. The lowest BCUT2D eigenvalue weighted by molar-refractivity contribution is 0.425. The fourth-order valence-electron chi connectivity index (χ4n) is 1.45. The molecule has 0 aliphatic heterocycles. The summed E-state index contributed by atoms with van der Waals surface area (Å²) in [6, 6.07) is 4.07. The van der Waals surface area contributed by atoms with E-state index in [0.717, 1.165) is 18.1 Å². The summed E-state index contributed by atoms with van der Waals surface area (Å²) in [7, 11) is 1.99. The van der Waals surface area contributed by atoms with Crippen LogP contribution in [-0.4, -0.2) is 9.55 Å². The number of imidazole rings is 1. The summed E-state index contributed by atoms with van der Waals surface area (Å²) in [5.41, 5.74) is 0. The van der Waals surface area contributed by atoms with Crippen molar-refractivity contribution in [2.75, 3.05) is 0 Å². The summed E-state index contributed by atoms with van der Waals surface area (Å²) < 4.78 is 7.31. The zero-order chi connectivity index (χ0) is 10.7. The van der Waals surface area contributed by atoms with E-state index in [9.17, 15) is 0 Å². The maximum absolute atomic E-state index is 5.31. The minimum atomic E-state index is 0.205. The van der Waals surface area contributed by atoms with Crippen LogP contribution in [0, 0.1) is 0 Å². The van der Waals surface area contributed by atoms with Crippen LogP contribution in [0.1, 0.15) is 24.6 Å². The number of hydrogen-bond donors (Lipinski definition) is 1. The van der Waals surface area contributed by atoms with Crippen LogP contribution in [0.2, 0.25) is 0 Å². The van der Waals surface area contributed by atoms with Gasteiger partial charge >= 0.3 is 0 Å². The Morgan fingerprint density at radius 1 is 1.60 bits per heavy atom. The molecule has 0 aliphatic rings. The van der Waals surface area contributed by atoms with Gasteiger partial charge in [0.15, 0.2) is 0 Å². The predicted octanol–water partition coefficient (Wildman–Crippen LogP) is 1.86. The molecular weight excluding hydrogens is 190 g/mol. The lowest BCUT2D eigenvalue weighted by atomic mass is 10.2. The Morgan fingerprint density at radius 3 is 3.07 bits per heavy atom. The van der Waals surface area contributed by atoms with Crippen LogP contribution in [0.5, 0.6) is 0 Å². The molecule has 0 saturated carbocycles. The molecule has 0 unspecified atom stereocenters. The van der Waals surface area contributed by atoms with Crippen LogP contribution in [0.4, 0.5) is 0 Å². The quantitative estimate of drug-likeness (QED) is 0.828. The minimum Gasteiger partial charge on any atom is -0.468 e. The number of nitrogens with one attached hydrogen (secondary N) is 1. The Kier molecular flexibility index (Phi) is 2.87. The highest BCUT2D eigenvalue weighted by Crippen LogP contribution is 2.12. The maximum atomic E-state index is 5.31. The van der Waals surface area contributed by atoms with Crippen LogP contribution in [0.25, 0.3) is 0 Å². The average molecular weight is 205 g/mol. The first kappa shape index (κ1) is 9.98. The van der Waals surface area contributed by atoms with Crippen molar-refractivity contribution in [3.05, 3.63) is 42.4 Å². The molecule has 15 heavy (non-hydrogen) atoms. The number of rotatable bonds is 4. The number of aromatic nitrogens is 2. The highest BCUT2D eigenvalue weighted by atomic mass is 16.3. The highest BCUT2D eigenvalue weighted by Gasteiger charge is 2.08. The van der Waals surface area contributed by atoms with E-state index in [0.29, 0.717) is 0 Å². The Morgan fingerprint density at radius 2 is 2.47 bits per heavy atom. The summed E-state index contributed by atoms with van der Waals surface area (Å²) in [5.74, 6) is 1.97. The lowest BCUT2D eigenvalue weighted by Crippen LogP contribution is -2.19. The van der Waals surface area contributed by atoms with Crippen molar-refractivity contribution in [2.24, 2.45) is 7.05 Å². The molecule has 1 N–H and O–H groups in total. The topological polar surface area (TPSA) is 43.0 Å². The summed E-state index contributed by atoms with van der Waals surface area (Å²) in [5, 5.41) is 3.35. The zero-order valence-electron chi connectivity index (χ0n) is 8.97. The van der Waals surface area contributed by atoms with Gasteiger partial charge in [0.25, 0.3) is 0 Å². The van der Waals surface area contributed by atoms with Crippen LogP contribution >= 0.6 is 0 Å². The second kappa shape index (κ2) is 4.31. The van der Waals surface area contributed by atoms with Gasteiger partial charge in [0, 0.05) is 19.4 Å². The molecule has 0 bridgehead atoms. The second-order valence-electron chi connectivity index (χ2n) is 3.57. The normalized spacial score (nSPS) is 12.9. The molecule has 0 radical (unpaired) electrons. The molecule has 4 nitrogen and oxygen atoms in total. The van der Waals surface area contributed by atoms with Gasteiger partial charge in [-0.1, -0.05) is 0 Å². The fraction of sp³-hybridized carbons (Fsp3) is 0.364. The summed E-state index contributed by atoms with van der Waals surface area (Å²) in [4.78, 5) is 4.24. The first-order valence-electron chi connectivity index (χ1n) is 5.00. The molecule has 0 aromatic carbocycles. The van der Waals surface area contributed by atoms with E-state index in [2.05, 4.69) is 17.2 Å². The average Bonchev–Trinajstić information content (AvgIpc) is 2.85. The molecule has 4 heteroatoms. The molecule has 0 spiro atoms. The molecule has 2 heterocycles. The van der Waals surface area contributed by atoms with Crippen molar-refractivity contribution in [2.45, 2.75) is 19.5 Å². The van der Waals surface area contributed by atoms with Gasteiger partial charge < -0.3 is 14.3 Å². The number of aryl methyl sites for hydroxylation is 1. The van der Waals surface area contributed by atoms with Crippen molar-refractivity contribution in [3.8, 4) is 0 Å². The van der Waals surface area contributed by atoms with E-state index in [1.165, 1.54) is 0 Å². The molecule has 1 atom stereocenters. The highest BCUT2D eigenvalue weighted by molar-refractivity contribution is 5.03. The minimum absolute atomic E-state index is 0.205. The van der Waals surface area contributed by atoms with Crippen LogP contribution in [-0.2, 0) is 13.6 Å². The van der Waals surface area contributed by atoms with Gasteiger partial charge in [0.2, 0.25) is 0 Å². The van der Waals surface area contributed by atoms with E-state index in [4.69, 9.17) is 4.42 Å². The molecule has 2 rings (SSSR count). The molecular formula is C11H15N3O. The standard InChI is InChI=1S/C11H15N3O/c1-9(10-4-3-7-15-10)13-8-11-12-5-6-14(11)2/h3-7,9,13H,8H2,1-2H3/t9-/m1/s1. The Labute approximate surface area is 88.9 Å². The SMILES string of the molecule is C[C@@H](NCc1nccn1C)c1ccco1. The Bertz CT molecular complexity index is 405. The molecule has 2 aromatic rings. The maximum Gasteiger partial charge on any atom is 0.122 e. The molecule has 0 amide bonds. The fourth-order valence-corrected chi connectivity index (χ4v) is 1.45. The smallest absolute Gasteiger partial charge is 0.122 e. The summed E-state index contributed by atoms with van der Waals surface area (Å²) in [6.45, 7) is 2.81. The zero-order valence-corrected chi connectivity index (χ0v) is 8.97. The predicted molar refractivity (Wildman–Crippen MR) is 57.2 cm³/mol. The largest absolute Gasteiger partial charge is 0.468 e. The first-order chi connectivity index (χ1) is 7.27. The van der Waals surface area contributed by atoms with Gasteiger partial charge in [-0.15, -0.1) is 0 Å². The number of nitrogens with zero attached hydrogens (tertiary/aromatic N) is 2. The van der Waals surface area contributed by atoms with Crippen molar-refractivity contribution in [1.29, 1.82) is 0 Å². The van der Waals surface area contributed by atoms with E-state index in [1.807, 2.05) is 29.9 Å². The van der Waals surface area contributed by atoms with E-state index in [1.54, 1.807) is 12.5 Å². The van der Waals surface area contributed by atoms with Gasteiger partial charge in [-0.05, 0) is 19.1 Å². The van der Waals surface area contributed by atoms with Crippen molar-refractivity contribution < 1.29 is 4.42 Å². The van der Waals surface area contributed by atoms with E-state index >= 15 is 0 Å². The third-order valence-corrected chi connectivity index (χ3v) is 2.46. The monoisotopic (exact) mass is 205 g/mol. The Balaban J connectivity index is 1.91. The van der Waals surface area contributed by atoms with Crippen LogP contribution in [0.3, 0.4) is 0 Å². The van der Waals surface area contributed by atoms with E-state index < -0.39 is 0 Å². The van der Waals surface area contributed by atoms with Crippen LogP contribution < -0.4 is 5.32 Å². The van der Waals surface area contributed by atoms with Crippen molar-refractivity contribution >= 4 is 0 Å².